The number of hydrogen-bond acceptors (Lipinski definition) is 3. The number of aromatic nitrogens is 2. The fourth-order valence-electron chi connectivity index (χ4n) is 4.15. The van der Waals surface area contributed by atoms with Crippen molar-refractivity contribution < 1.29 is 9.59 Å². The van der Waals surface area contributed by atoms with E-state index in [0.717, 1.165) is 34.5 Å². The molecule has 0 fully saturated rings. The average Bonchev–Trinajstić information content (AvgIpc) is 3.21. The normalized spacial score (nSPS) is 10.9. The zero-order valence-electron chi connectivity index (χ0n) is 19.8. The molecule has 6 nitrogen and oxygen atoms in total. The molecular weight excluding hydrogens is 460 g/mol. The van der Waals surface area contributed by atoms with Gasteiger partial charge in [-0.1, -0.05) is 54.1 Å². The molecule has 3 aromatic carbocycles. The highest BCUT2D eigenvalue weighted by atomic mass is 35.5. The summed E-state index contributed by atoms with van der Waals surface area (Å²) < 4.78 is 2.00. The number of carbonyl (C=O) groups excluding carboxylic acids is 2. The summed E-state index contributed by atoms with van der Waals surface area (Å²) in [7, 11) is 0. The summed E-state index contributed by atoms with van der Waals surface area (Å²) in [5.41, 5.74) is 3.61. The van der Waals surface area contributed by atoms with Crippen molar-refractivity contribution in [2.75, 3.05) is 18.0 Å². The van der Waals surface area contributed by atoms with Crippen molar-refractivity contribution in [2.45, 2.75) is 32.7 Å². The maximum atomic E-state index is 13.3. The summed E-state index contributed by atoms with van der Waals surface area (Å²) in [6.07, 6.45) is 1.69. The highest BCUT2D eigenvalue weighted by Gasteiger charge is 2.18. The fourth-order valence-corrected chi connectivity index (χ4v) is 4.27. The predicted octanol–water partition coefficient (Wildman–Crippen LogP) is 5.03. The largest absolute Gasteiger partial charge is 0.356 e. The van der Waals surface area contributed by atoms with Gasteiger partial charge in [-0.2, -0.15) is 0 Å². The maximum Gasteiger partial charge on any atom is 0.246 e. The van der Waals surface area contributed by atoms with E-state index in [1.165, 1.54) is 0 Å². The Hall–Kier alpha value is -3.64. The van der Waals surface area contributed by atoms with Crippen LogP contribution in [0.4, 0.5) is 5.69 Å². The Morgan fingerprint density at radius 2 is 1.69 bits per heavy atom. The highest BCUT2D eigenvalue weighted by Crippen LogP contribution is 2.19. The van der Waals surface area contributed by atoms with Gasteiger partial charge in [-0.05, 0) is 55.3 Å². The number of benzene rings is 3. The van der Waals surface area contributed by atoms with Crippen molar-refractivity contribution in [3.05, 3.63) is 95.3 Å². The summed E-state index contributed by atoms with van der Waals surface area (Å²) in [6.45, 7) is 3.31. The number of para-hydroxylation sites is 3. The van der Waals surface area contributed by atoms with Crippen LogP contribution in [0, 0.1) is 0 Å². The first-order chi connectivity index (χ1) is 17.0. The van der Waals surface area contributed by atoms with Gasteiger partial charge in [-0.15, -0.1) is 0 Å². The molecule has 0 atom stereocenters. The van der Waals surface area contributed by atoms with E-state index in [4.69, 9.17) is 16.6 Å². The molecule has 0 saturated heterocycles. The molecule has 0 aliphatic carbocycles. The van der Waals surface area contributed by atoms with E-state index in [1.807, 2.05) is 78.2 Å². The van der Waals surface area contributed by atoms with Crippen molar-refractivity contribution in [3.63, 3.8) is 0 Å². The number of fused-ring (bicyclic) bond motifs is 1. The number of likely N-dealkylation sites (N-methyl/N-ethyl adjacent to an activating group) is 1. The van der Waals surface area contributed by atoms with Crippen molar-refractivity contribution in [3.8, 4) is 0 Å². The van der Waals surface area contributed by atoms with E-state index in [9.17, 15) is 9.59 Å². The Kier molecular flexibility index (Phi) is 8.16. The monoisotopic (exact) mass is 488 g/mol. The molecule has 0 aliphatic heterocycles. The molecule has 0 aliphatic rings. The van der Waals surface area contributed by atoms with Crippen LogP contribution >= 0.6 is 11.6 Å². The zero-order valence-corrected chi connectivity index (χ0v) is 20.5. The van der Waals surface area contributed by atoms with E-state index in [2.05, 4.69) is 5.32 Å². The first-order valence-corrected chi connectivity index (χ1v) is 12.2. The number of nitrogens with zero attached hydrogens (tertiary/aromatic N) is 3. The molecule has 180 valence electrons. The van der Waals surface area contributed by atoms with Crippen LogP contribution in [0.1, 0.15) is 24.7 Å². The second kappa shape index (κ2) is 11.7. The summed E-state index contributed by atoms with van der Waals surface area (Å²) in [5.74, 6) is 0.826. The Morgan fingerprint density at radius 3 is 2.43 bits per heavy atom. The van der Waals surface area contributed by atoms with E-state index >= 15 is 0 Å². The molecule has 0 spiro atoms. The van der Waals surface area contributed by atoms with E-state index < -0.39 is 0 Å². The van der Waals surface area contributed by atoms with Crippen molar-refractivity contribution >= 4 is 40.1 Å². The molecule has 7 heteroatoms. The lowest BCUT2D eigenvalue weighted by atomic mass is 10.1. The molecule has 0 unspecified atom stereocenters. The Labute approximate surface area is 210 Å². The third kappa shape index (κ3) is 6.28. The maximum absolute atomic E-state index is 13.3. The van der Waals surface area contributed by atoms with Crippen LogP contribution in [0.3, 0.4) is 0 Å². The van der Waals surface area contributed by atoms with Gasteiger partial charge in [0.05, 0.1) is 17.5 Å². The van der Waals surface area contributed by atoms with Crippen LogP contribution in [0.25, 0.3) is 11.0 Å². The minimum atomic E-state index is -0.0301. The molecule has 1 N–H and O–H groups in total. The lowest BCUT2D eigenvalue weighted by Crippen LogP contribution is -2.34. The number of halogens is 1. The second-order valence-corrected chi connectivity index (χ2v) is 8.77. The van der Waals surface area contributed by atoms with Crippen LogP contribution in [0.15, 0.2) is 78.9 Å². The predicted molar refractivity (Wildman–Crippen MR) is 141 cm³/mol. The molecule has 0 bridgehead atoms. The summed E-state index contributed by atoms with van der Waals surface area (Å²) >= 11 is 5.91. The minimum absolute atomic E-state index is 0.0133. The molecule has 0 saturated carbocycles. The quantitative estimate of drug-likeness (QED) is 0.318. The molecular formula is C28H29ClN4O2. The summed E-state index contributed by atoms with van der Waals surface area (Å²) in [5, 5.41) is 3.63. The van der Waals surface area contributed by atoms with Gasteiger partial charge >= 0.3 is 0 Å². The summed E-state index contributed by atoms with van der Waals surface area (Å²) in [4.78, 5) is 32.1. The number of hydrogen-bond donors (Lipinski definition) is 1. The van der Waals surface area contributed by atoms with Crippen molar-refractivity contribution in [2.24, 2.45) is 0 Å². The second-order valence-electron chi connectivity index (χ2n) is 8.33. The Bertz CT molecular complexity index is 1290. The van der Waals surface area contributed by atoms with E-state index in [1.54, 1.807) is 17.0 Å². The molecule has 4 aromatic rings. The van der Waals surface area contributed by atoms with Crippen LogP contribution in [-0.2, 0) is 29.0 Å². The third-order valence-corrected chi connectivity index (χ3v) is 6.14. The first kappa shape index (κ1) is 24.5. The van der Waals surface area contributed by atoms with Crippen LogP contribution < -0.4 is 10.2 Å². The number of amides is 2. The smallest absolute Gasteiger partial charge is 0.246 e. The lowest BCUT2D eigenvalue weighted by molar-refractivity contribution is -0.120. The molecule has 35 heavy (non-hydrogen) atoms. The number of nitrogens with one attached hydrogen (secondary N) is 1. The number of anilines is 1. The molecule has 0 radical (unpaired) electrons. The van der Waals surface area contributed by atoms with Gasteiger partial charge in [0, 0.05) is 30.2 Å². The Morgan fingerprint density at radius 1 is 0.971 bits per heavy atom. The van der Waals surface area contributed by atoms with E-state index in [-0.39, 0.29) is 18.4 Å². The van der Waals surface area contributed by atoms with Gasteiger partial charge in [0.25, 0.3) is 0 Å². The van der Waals surface area contributed by atoms with E-state index in [0.29, 0.717) is 31.0 Å². The summed E-state index contributed by atoms with van der Waals surface area (Å²) in [6, 6.07) is 24.8. The topological polar surface area (TPSA) is 67.2 Å². The standard InChI is InChI=1S/C28H29ClN4O2/c1-2-32(23-9-4-3-5-10-23)28(35)20-33-25-12-7-6-11-24(25)31-26(33)13-8-18-30-27(34)19-21-14-16-22(29)17-15-21/h3-7,9-12,14-17H,2,8,13,18-20H2,1H3,(H,30,34). The molecule has 2 amide bonds. The van der Waals surface area contributed by atoms with Crippen LogP contribution in [0.5, 0.6) is 0 Å². The van der Waals surface area contributed by atoms with Crippen molar-refractivity contribution in [1.82, 2.24) is 14.9 Å². The van der Waals surface area contributed by atoms with Crippen molar-refractivity contribution in [1.29, 1.82) is 0 Å². The molecule has 4 rings (SSSR count). The fraction of sp³-hybridized carbons (Fsp3) is 0.250. The number of imidazole rings is 1. The highest BCUT2D eigenvalue weighted by molar-refractivity contribution is 6.30. The van der Waals surface area contributed by atoms with Crippen LogP contribution in [0.2, 0.25) is 5.02 Å². The van der Waals surface area contributed by atoms with Gasteiger partial charge < -0.3 is 14.8 Å². The SMILES string of the molecule is CCN(C(=O)Cn1c(CCCNC(=O)Cc2ccc(Cl)cc2)nc2ccccc21)c1ccccc1. The van der Waals surface area contributed by atoms with Gasteiger partial charge in [-0.25, -0.2) is 4.98 Å². The van der Waals surface area contributed by atoms with Crippen LogP contribution in [-0.4, -0.2) is 34.5 Å². The zero-order chi connectivity index (χ0) is 24.6. The average molecular weight is 489 g/mol. The Balaban J connectivity index is 1.40. The van der Waals surface area contributed by atoms with Gasteiger partial charge in [0.1, 0.15) is 12.4 Å². The minimum Gasteiger partial charge on any atom is -0.356 e. The number of carbonyl (C=O) groups is 2. The number of aryl methyl sites for hydroxylation is 1. The van der Waals surface area contributed by atoms with Gasteiger partial charge in [0.2, 0.25) is 11.8 Å². The molecule has 1 aromatic heterocycles. The van der Waals surface area contributed by atoms with Gasteiger partial charge in [-0.3, -0.25) is 9.59 Å². The lowest BCUT2D eigenvalue weighted by Gasteiger charge is -2.22. The third-order valence-electron chi connectivity index (χ3n) is 5.89. The number of rotatable bonds is 10. The first-order valence-electron chi connectivity index (χ1n) is 11.9. The van der Waals surface area contributed by atoms with Gasteiger partial charge in [0.15, 0.2) is 0 Å². The molecule has 1 heterocycles.